The molecule has 0 aliphatic carbocycles. The van der Waals surface area contributed by atoms with E-state index >= 15 is 0 Å². The number of aromatic amines is 1. The molecule has 8 heteroatoms. The summed E-state index contributed by atoms with van der Waals surface area (Å²) >= 11 is 0. The second-order valence-electron chi connectivity index (χ2n) is 9.04. The Morgan fingerprint density at radius 2 is 1.88 bits per heavy atom. The van der Waals surface area contributed by atoms with Crippen molar-refractivity contribution in [2.24, 2.45) is 0 Å². The lowest BCUT2D eigenvalue weighted by molar-refractivity contribution is -0.110. The van der Waals surface area contributed by atoms with Gasteiger partial charge in [-0.15, -0.1) is 0 Å². The number of carbonyl (C=O) groups is 2. The van der Waals surface area contributed by atoms with Crippen LogP contribution in [-0.2, 0) is 9.53 Å². The van der Waals surface area contributed by atoms with E-state index in [1.807, 2.05) is 18.7 Å². The van der Waals surface area contributed by atoms with Crippen LogP contribution in [0.2, 0.25) is 0 Å². The largest absolute Gasteiger partial charge is 0.379 e. The van der Waals surface area contributed by atoms with Gasteiger partial charge in [0.25, 0.3) is 11.8 Å². The first-order valence-electron chi connectivity index (χ1n) is 11.6. The van der Waals surface area contributed by atoms with Crippen molar-refractivity contribution in [2.75, 3.05) is 44.7 Å². The van der Waals surface area contributed by atoms with E-state index in [0.717, 1.165) is 69.2 Å². The number of ether oxygens (including phenoxy) is 1. The summed E-state index contributed by atoms with van der Waals surface area (Å²) in [6, 6.07) is 4.77. The van der Waals surface area contributed by atoms with Crippen LogP contribution in [0.4, 0.5) is 10.1 Å². The summed E-state index contributed by atoms with van der Waals surface area (Å²) < 4.78 is 19.0. The summed E-state index contributed by atoms with van der Waals surface area (Å²) in [6.45, 7) is 8.79. The van der Waals surface area contributed by atoms with Crippen molar-refractivity contribution >= 4 is 29.2 Å². The molecule has 0 unspecified atom stereocenters. The van der Waals surface area contributed by atoms with Gasteiger partial charge in [-0.05, 0) is 56.5 Å². The van der Waals surface area contributed by atoms with Crippen LogP contribution in [0, 0.1) is 19.7 Å². The van der Waals surface area contributed by atoms with Crippen molar-refractivity contribution in [3.05, 3.63) is 52.1 Å². The number of likely N-dealkylation sites (tertiary alicyclic amines) is 1. The zero-order valence-corrected chi connectivity index (χ0v) is 19.0. The summed E-state index contributed by atoms with van der Waals surface area (Å²) in [5.74, 6) is -0.641. The van der Waals surface area contributed by atoms with Crippen molar-refractivity contribution in [3.63, 3.8) is 0 Å². The third kappa shape index (κ3) is 4.09. The number of morpholine rings is 1. The molecule has 3 aliphatic heterocycles. The minimum absolute atomic E-state index is 0.0321. The topological polar surface area (TPSA) is 77.7 Å². The van der Waals surface area contributed by atoms with Crippen molar-refractivity contribution in [1.29, 1.82) is 0 Å². The number of benzene rings is 1. The van der Waals surface area contributed by atoms with Crippen LogP contribution in [-0.4, -0.2) is 72.0 Å². The highest BCUT2D eigenvalue weighted by atomic mass is 19.1. The third-order valence-corrected chi connectivity index (χ3v) is 7.06. The van der Waals surface area contributed by atoms with Gasteiger partial charge < -0.3 is 19.9 Å². The van der Waals surface area contributed by atoms with E-state index in [1.54, 1.807) is 12.1 Å². The lowest BCUT2D eigenvalue weighted by atomic mass is 10.00. The molecule has 0 radical (unpaired) electrons. The SMILES string of the molecule is Cc1[nH]c(/C=C2\C(=O)Nc3cc(F)ccc32)c(C)c1C(=O)N1CCC(N2CCOCC2)CC1. The number of nitrogens with zero attached hydrogens (tertiary/aromatic N) is 2. The van der Waals surface area contributed by atoms with Gasteiger partial charge in [0.15, 0.2) is 0 Å². The van der Waals surface area contributed by atoms with Crippen LogP contribution in [0.1, 0.15) is 45.7 Å². The van der Waals surface area contributed by atoms with Crippen LogP contribution in [0.15, 0.2) is 18.2 Å². The van der Waals surface area contributed by atoms with Gasteiger partial charge in [0.05, 0.1) is 30.0 Å². The molecule has 2 N–H and O–H groups in total. The lowest BCUT2D eigenvalue weighted by Crippen LogP contribution is -2.50. The van der Waals surface area contributed by atoms with Gasteiger partial charge in [0.1, 0.15) is 5.82 Å². The fourth-order valence-corrected chi connectivity index (χ4v) is 5.23. The van der Waals surface area contributed by atoms with E-state index in [0.29, 0.717) is 28.4 Å². The van der Waals surface area contributed by atoms with E-state index in [2.05, 4.69) is 15.2 Å². The van der Waals surface area contributed by atoms with Crippen molar-refractivity contribution in [2.45, 2.75) is 32.7 Å². The summed E-state index contributed by atoms with van der Waals surface area (Å²) in [5.41, 5.74) is 4.59. The van der Waals surface area contributed by atoms with Crippen molar-refractivity contribution in [3.8, 4) is 0 Å². The summed E-state index contributed by atoms with van der Waals surface area (Å²) in [4.78, 5) is 33.6. The van der Waals surface area contributed by atoms with E-state index < -0.39 is 5.82 Å². The molecule has 2 fully saturated rings. The molecule has 4 heterocycles. The highest BCUT2D eigenvalue weighted by Gasteiger charge is 2.31. The van der Waals surface area contributed by atoms with Gasteiger partial charge in [-0.1, -0.05) is 0 Å². The maximum Gasteiger partial charge on any atom is 0.256 e. The predicted molar refractivity (Wildman–Crippen MR) is 124 cm³/mol. The summed E-state index contributed by atoms with van der Waals surface area (Å²) in [5, 5.41) is 2.71. The number of aryl methyl sites for hydroxylation is 1. The highest BCUT2D eigenvalue weighted by molar-refractivity contribution is 6.34. The number of halogens is 1. The number of hydrogen-bond acceptors (Lipinski definition) is 4. The molecule has 0 atom stereocenters. The van der Waals surface area contributed by atoms with Crippen LogP contribution in [0.3, 0.4) is 0 Å². The smallest absolute Gasteiger partial charge is 0.256 e. The summed E-state index contributed by atoms with van der Waals surface area (Å²) in [6.07, 6.45) is 3.69. The molecule has 2 saturated heterocycles. The van der Waals surface area contributed by atoms with Gasteiger partial charge >= 0.3 is 0 Å². The molecular weight excluding hydrogens is 423 g/mol. The Bertz CT molecular complexity index is 1120. The molecule has 2 amide bonds. The second-order valence-corrected chi connectivity index (χ2v) is 9.04. The zero-order valence-electron chi connectivity index (χ0n) is 19.0. The molecule has 0 bridgehead atoms. The Labute approximate surface area is 192 Å². The molecule has 5 rings (SSSR count). The first-order chi connectivity index (χ1) is 15.9. The maximum absolute atomic E-state index is 13.5. The molecule has 33 heavy (non-hydrogen) atoms. The number of nitrogens with one attached hydrogen (secondary N) is 2. The number of fused-ring (bicyclic) bond motifs is 1. The van der Waals surface area contributed by atoms with Crippen LogP contribution in [0.25, 0.3) is 11.6 Å². The van der Waals surface area contributed by atoms with Gasteiger partial charge in [0, 0.05) is 49.2 Å². The number of aromatic nitrogens is 1. The van der Waals surface area contributed by atoms with Crippen LogP contribution >= 0.6 is 0 Å². The predicted octanol–water partition coefficient (Wildman–Crippen LogP) is 3.20. The van der Waals surface area contributed by atoms with Crippen LogP contribution < -0.4 is 5.32 Å². The molecule has 0 saturated carbocycles. The molecule has 2 aromatic rings. The molecule has 7 nitrogen and oxygen atoms in total. The molecule has 1 aromatic heterocycles. The lowest BCUT2D eigenvalue weighted by Gasteiger charge is -2.40. The van der Waals surface area contributed by atoms with E-state index in [1.165, 1.54) is 12.1 Å². The standard InChI is InChI=1S/C25H29FN4O3/c1-15-21(14-20-19-4-3-17(26)13-22(19)28-24(20)31)27-16(2)23(15)25(32)30-7-5-18(6-8-30)29-9-11-33-12-10-29/h3-4,13-14,18,27H,5-12H2,1-2H3,(H,28,31)/b20-14-. The minimum atomic E-state index is -0.396. The van der Waals surface area contributed by atoms with Gasteiger partial charge in [-0.3, -0.25) is 14.5 Å². The fourth-order valence-electron chi connectivity index (χ4n) is 5.23. The van der Waals surface area contributed by atoms with Crippen LogP contribution in [0.5, 0.6) is 0 Å². The summed E-state index contributed by atoms with van der Waals surface area (Å²) in [7, 11) is 0. The Morgan fingerprint density at radius 3 is 2.61 bits per heavy atom. The average Bonchev–Trinajstić information content (AvgIpc) is 3.28. The Kier molecular flexibility index (Phi) is 5.80. The van der Waals surface area contributed by atoms with Gasteiger partial charge in [-0.25, -0.2) is 4.39 Å². The third-order valence-electron chi connectivity index (χ3n) is 7.06. The first-order valence-corrected chi connectivity index (χ1v) is 11.6. The fraction of sp³-hybridized carbons (Fsp3) is 0.440. The Balaban J connectivity index is 1.34. The first kappa shape index (κ1) is 21.9. The van der Waals surface area contributed by atoms with Gasteiger partial charge in [-0.2, -0.15) is 0 Å². The average molecular weight is 453 g/mol. The number of hydrogen-bond donors (Lipinski definition) is 2. The Hall–Kier alpha value is -2.97. The van der Waals surface area contributed by atoms with Crippen molar-refractivity contribution < 1.29 is 18.7 Å². The van der Waals surface area contributed by atoms with Crippen molar-refractivity contribution in [1.82, 2.24) is 14.8 Å². The highest BCUT2D eigenvalue weighted by Crippen LogP contribution is 2.34. The number of carbonyl (C=O) groups excluding carboxylic acids is 2. The number of piperidine rings is 1. The molecule has 0 spiro atoms. The molecular formula is C25H29FN4O3. The molecule has 174 valence electrons. The molecule has 3 aliphatic rings. The zero-order chi connectivity index (χ0) is 23.1. The quantitative estimate of drug-likeness (QED) is 0.702. The molecule has 1 aromatic carbocycles. The number of rotatable bonds is 3. The van der Waals surface area contributed by atoms with E-state index in [-0.39, 0.29) is 11.8 Å². The van der Waals surface area contributed by atoms with E-state index in [4.69, 9.17) is 4.74 Å². The number of H-pyrrole nitrogens is 1. The second kappa shape index (κ2) is 8.76. The maximum atomic E-state index is 13.5. The van der Waals surface area contributed by atoms with Gasteiger partial charge in [0.2, 0.25) is 0 Å². The minimum Gasteiger partial charge on any atom is -0.379 e. The number of anilines is 1. The van der Waals surface area contributed by atoms with E-state index in [9.17, 15) is 14.0 Å². The monoisotopic (exact) mass is 452 g/mol. The number of amides is 2. The normalized spacial score (nSPS) is 20.9. The Morgan fingerprint density at radius 1 is 1.15 bits per heavy atom.